The van der Waals surface area contributed by atoms with E-state index in [9.17, 15) is 19.8 Å². The zero-order valence-electron chi connectivity index (χ0n) is 12.2. The summed E-state index contributed by atoms with van der Waals surface area (Å²) in [7, 11) is 0. The van der Waals surface area contributed by atoms with Crippen LogP contribution in [0.15, 0.2) is 18.2 Å². The van der Waals surface area contributed by atoms with Crippen molar-refractivity contribution in [3.63, 3.8) is 0 Å². The fourth-order valence-electron chi connectivity index (χ4n) is 1.93. The van der Waals surface area contributed by atoms with Gasteiger partial charge in [0.2, 0.25) is 0 Å². The van der Waals surface area contributed by atoms with Crippen molar-refractivity contribution in [3.8, 4) is 11.5 Å². The molecule has 0 aliphatic heterocycles. The van der Waals surface area contributed by atoms with Crippen LogP contribution in [0.2, 0.25) is 0 Å². The lowest BCUT2D eigenvalue weighted by Crippen LogP contribution is -2.32. The standard InChI is InChI=1S/C15H21NO5/c1-9(15(20)21)4-3-5-10(2)16-14(19)12-8-11(17)6-7-13(12)18/h6-10,17-18H,3-5H2,1-2H3,(H,16,19)(H,20,21). The highest BCUT2D eigenvalue weighted by molar-refractivity contribution is 5.97. The molecule has 6 heteroatoms. The summed E-state index contributed by atoms with van der Waals surface area (Å²) < 4.78 is 0. The van der Waals surface area contributed by atoms with Crippen LogP contribution in [0.25, 0.3) is 0 Å². The van der Waals surface area contributed by atoms with E-state index in [2.05, 4.69) is 5.32 Å². The van der Waals surface area contributed by atoms with Gasteiger partial charge in [0.05, 0.1) is 11.5 Å². The first-order valence-corrected chi connectivity index (χ1v) is 6.87. The number of carbonyl (C=O) groups excluding carboxylic acids is 1. The Kier molecular flexibility index (Phi) is 6.02. The summed E-state index contributed by atoms with van der Waals surface area (Å²) in [5.41, 5.74) is 0.0146. The summed E-state index contributed by atoms with van der Waals surface area (Å²) in [4.78, 5) is 22.6. The minimum atomic E-state index is -0.823. The molecule has 1 rings (SSSR count). The van der Waals surface area contributed by atoms with Crippen LogP contribution in [0.4, 0.5) is 0 Å². The van der Waals surface area contributed by atoms with Crippen LogP contribution >= 0.6 is 0 Å². The molecule has 21 heavy (non-hydrogen) atoms. The second-order valence-electron chi connectivity index (χ2n) is 5.25. The smallest absolute Gasteiger partial charge is 0.306 e. The number of amides is 1. The van der Waals surface area contributed by atoms with Gasteiger partial charge in [-0.15, -0.1) is 0 Å². The molecule has 2 atom stereocenters. The fourth-order valence-corrected chi connectivity index (χ4v) is 1.93. The number of hydrogen-bond donors (Lipinski definition) is 4. The Hall–Kier alpha value is -2.24. The summed E-state index contributed by atoms with van der Waals surface area (Å²) in [5, 5.41) is 30.4. The molecule has 116 valence electrons. The van der Waals surface area contributed by atoms with E-state index in [-0.39, 0.29) is 23.1 Å². The molecule has 0 heterocycles. The van der Waals surface area contributed by atoms with E-state index in [0.29, 0.717) is 19.3 Å². The van der Waals surface area contributed by atoms with Crippen molar-refractivity contribution >= 4 is 11.9 Å². The number of carboxylic acid groups (broad SMARTS) is 1. The van der Waals surface area contributed by atoms with Crippen molar-refractivity contribution in [3.05, 3.63) is 23.8 Å². The normalized spacial score (nSPS) is 13.4. The number of carboxylic acids is 1. The highest BCUT2D eigenvalue weighted by Gasteiger charge is 2.15. The van der Waals surface area contributed by atoms with Crippen LogP contribution in [-0.4, -0.2) is 33.2 Å². The lowest BCUT2D eigenvalue weighted by atomic mass is 10.0. The van der Waals surface area contributed by atoms with Gasteiger partial charge in [-0.25, -0.2) is 0 Å². The second-order valence-corrected chi connectivity index (χ2v) is 5.25. The van der Waals surface area contributed by atoms with Gasteiger partial charge >= 0.3 is 5.97 Å². The summed E-state index contributed by atoms with van der Waals surface area (Å²) in [6.07, 6.45) is 1.87. The molecule has 0 radical (unpaired) electrons. The Morgan fingerprint density at radius 2 is 1.86 bits per heavy atom. The third-order valence-electron chi connectivity index (χ3n) is 3.30. The Balaban J connectivity index is 2.47. The highest BCUT2D eigenvalue weighted by atomic mass is 16.4. The molecule has 0 fully saturated rings. The van der Waals surface area contributed by atoms with Crippen molar-refractivity contribution in [2.75, 3.05) is 0 Å². The molecular weight excluding hydrogens is 274 g/mol. The molecule has 0 spiro atoms. The van der Waals surface area contributed by atoms with E-state index < -0.39 is 17.8 Å². The minimum absolute atomic E-state index is 0.0146. The number of carbonyl (C=O) groups is 2. The molecule has 0 bridgehead atoms. The monoisotopic (exact) mass is 295 g/mol. The van der Waals surface area contributed by atoms with Crippen LogP contribution < -0.4 is 5.32 Å². The zero-order valence-corrected chi connectivity index (χ0v) is 12.2. The molecule has 1 aromatic rings. The number of aliphatic carboxylic acids is 1. The van der Waals surface area contributed by atoms with E-state index in [1.165, 1.54) is 18.2 Å². The minimum Gasteiger partial charge on any atom is -0.508 e. The molecule has 0 aromatic heterocycles. The molecule has 0 aliphatic carbocycles. The van der Waals surface area contributed by atoms with Gasteiger partial charge in [-0.05, 0) is 38.0 Å². The number of aromatic hydroxyl groups is 2. The zero-order chi connectivity index (χ0) is 16.0. The van der Waals surface area contributed by atoms with Gasteiger partial charge in [0, 0.05) is 6.04 Å². The maximum Gasteiger partial charge on any atom is 0.306 e. The SMILES string of the molecule is CC(CCCC(C)C(=O)O)NC(=O)c1cc(O)ccc1O. The molecule has 6 nitrogen and oxygen atoms in total. The summed E-state index contributed by atoms with van der Waals surface area (Å²) >= 11 is 0. The van der Waals surface area contributed by atoms with Crippen molar-refractivity contribution in [1.82, 2.24) is 5.32 Å². The predicted molar refractivity (Wildman–Crippen MR) is 77.4 cm³/mol. The first-order chi connectivity index (χ1) is 9.81. The number of hydrogen-bond acceptors (Lipinski definition) is 4. The summed E-state index contributed by atoms with van der Waals surface area (Å²) in [6.45, 7) is 3.46. The quantitative estimate of drug-likeness (QED) is 0.576. The van der Waals surface area contributed by atoms with E-state index in [4.69, 9.17) is 5.11 Å². The maximum absolute atomic E-state index is 12.0. The Bertz CT molecular complexity index is 515. The molecule has 0 aliphatic rings. The maximum atomic E-state index is 12.0. The predicted octanol–water partition coefficient (Wildman–Crippen LogP) is 2.11. The Labute approximate surface area is 123 Å². The molecule has 1 aromatic carbocycles. The largest absolute Gasteiger partial charge is 0.508 e. The number of rotatable bonds is 7. The topological polar surface area (TPSA) is 107 Å². The van der Waals surface area contributed by atoms with E-state index >= 15 is 0 Å². The third-order valence-corrected chi connectivity index (χ3v) is 3.30. The molecule has 0 saturated heterocycles. The van der Waals surface area contributed by atoms with Gasteiger partial charge in [0.1, 0.15) is 11.5 Å². The van der Waals surface area contributed by atoms with Gasteiger partial charge < -0.3 is 20.6 Å². The molecule has 0 saturated carbocycles. The molecule has 1 amide bonds. The van der Waals surface area contributed by atoms with Crippen LogP contribution in [0.3, 0.4) is 0 Å². The van der Waals surface area contributed by atoms with Gasteiger partial charge in [-0.2, -0.15) is 0 Å². The van der Waals surface area contributed by atoms with Crippen molar-refractivity contribution < 1.29 is 24.9 Å². The Morgan fingerprint density at radius 3 is 2.48 bits per heavy atom. The average Bonchev–Trinajstić information content (AvgIpc) is 2.41. The van der Waals surface area contributed by atoms with Crippen LogP contribution in [0.1, 0.15) is 43.5 Å². The van der Waals surface area contributed by atoms with Gasteiger partial charge in [0.25, 0.3) is 5.91 Å². The van der Waals surface area contributed by atoms with Crippen molar-refractivity contribution in [1.29, 1.82) is 0 Å². The van der Waals surface area contributed by atoms with Crippen molar-refractivity contribution in [2.45, 2.75) is 39.2 Å². The highest BCUT2D eigenvalue weighted by Crippen LogP contribution is 2.22. The van der Waals surface area contributed by atoms with Gasteiger partial charge in [-0.3, -0.25) is 9.59 Å². The lowest BCUT2D eigenvalue weighted by molar-refractivity contribution is -0.141. The van der Waals surface area contributed by atoms with Gasteiger partial charge in [-0.1, -0.05) is 13.3 Å². The second kappa shape index (κ2) is 7.52. The van der Waals surface area contributed by atoms with E-state index in [1.807, 2.05) is 6.92 Å². The average molecular weight is 295 g/mol. The molecule has 4 N–H and O–H groups in total. The number of phenols is 2. The van der Waals surface area contributed by atoms with Crippen LogP contribution in [-0.2, 0) is 4.79 Å². The number of phenolic OH excluding ortho intramolecular Hbond substituents is 2. The summed E-state index contributed by atoms with van der Waals surface area (Å²) in [5.74, 6) is -1.99. The summed E-state index contributed by atoms with van der Waals surface area (Å²) in [6, 6.07) is 3.59. The first kappa shape index (κ1) is 16.8. The van der Waals surface area contributed by atoms with Crippen LogP contribution in [0, 0.1) is 5.92 Å². The molecule has 2 unspecified atom stereocenters. The number of benzene rings is 1. The van der Waals surface area contributed by atoms with E-state index in [0.717, 1.165) is 0 Å². The van der Waals surface area contributed by atoms with Crippen molar-refractivity contribution in [2.24, 2.45) is 5.92 Å². The Morgan fingerprint density at radius 1 is 1.19 bits per heavy atom. The third kappa shape index (κ3) is 5.33. The van der Waals surface area contributed by atoms with Crippen LogP contribution in [0.5, 0.6) is 11.5 Å². The van der Waals surface area contributed by atoms with E-state index in [1.54, 1.807) is 6.92 Å². The fraction of sp³-hybridized carbons (Fsp3) is 0.467. The number of nitrogens with one attached hydrogen (secondary N) is 1. The lowest BCUT2D eigenvalue weighted by Gasteiger charge is -2.15. The molecular formula is C15H21NO5. The van der Waals surface area contributed by atoms with Gasteiger partial charge in [0.15, 0.2) is 0 Å². The first-order valence-electron chi connectivity index (χ1n) is 6.87.